The molecule has 1 aromatic carbocycles. The zero-order chi connectivity index (χ0) is 19.0. The fraction of sp³-hybridized carbons (Fsp3) is 0.550. The van der Waals surface area contributed by atoms with E-state index in [0.717, 1.165) is 42.4 Å². The van der Waals surface area contributed by atoms with Crippen molar-refractivity contribution in [1.29, 1.82) is 0 Å². The molecule has 2 aliphatic rings. The van der Waals surface area contributed by atoms with Crippen LogP contribution in [-0.2, 0) is 14.8 Å². The minimum absolute atomic E-state index is 0.0960. The fourth-order valence-corrected chi connectivity index (χ4v) is 5.81. The summed E-state index contributed by atoms with van der Waals surface area (Å²) in [6.07, 6.45) is 6.68. The molecule has 0 bridgehead atoms. The molecule has 146 valence electrons. The Hall–Kier alpha value is -1.70. The van der Waals surface area contributed by atoms with Gasteiger partial charge in [-0.2, -0.15) is 9.40 Å². The summed E-state index contributed by atoms with van der Waals surface area (Å²) in [4.78, 5) is 0.297. The van der Waals surface area contributed by atoms with Gasteiger partial charge in [-0.05, 0) is 50.7 Å². The zero-order valence-electron chi connectivity index (χ0n) is 16.0. The lowest BCUT2D eigenvalue weighted by molar-refractivity contribution is 0.0662. The van der Waals surface area contributed by atoms with Crippen molar-refractivity contribution in [3.8, 4) is 0 Å². The predicted molar refractivity (Wildman–Crippen MR) is 103 cm³/mol. The van der Waals surface area contributed by atoms with Crippen LogP contribution in [-0.4, -0.2) is 42.3 Å². The molecule has 2 aromatic rings. The second-order valence-corrected chi connectivity index (χ2v) is 9.52. The van der Waals surface area contributed by atoms with Gasteiger partial charge in [-0.1, -0.05) is 23.8 Å². The third kappa shape index (κ3) is 3.56. The van der Waals surface area contributed by atoms with Crippen molar-refractivity contribution in [3.05, 3.63) is 47.3 Å². The van der Waals surface area contributed by atoms with Crippen molar-refractivity contribution >= 4 is 10.0 Å². The lowest BCUT2D eigenvalue weighted by Gasteiger charge is -2.25. The molecule has 1 unspecified atom stereocenters. The standard InChI is InChI=1S/C20H27N3O3S/c1-15-5-6-16(2)19(12-15)20-4-3-9-23(20)27(24,25)18-13-21-22(14-18)17-7-10-26-11-8-17/h5-6,12-14,17,20H,3-4,7-11H2,1-2H3. The van der Waals surface area contributed by atoms with Crippen LogP contribution < -0.4 is 0 Å². The van der Waals surface area contributed by atoms with E-state index in [-0.39, 0.29) is 12.1 Å². The number of aryl methyl sites for hydroxylation is 2. The van der Waals surface area contributed by atoms with Gasteiger partial charge in [-0.25, -0.2) is 8.42 Å². The highest BCUT2D eigenvalue weighted by Gasteiger charge is 2.37. The topological polar surface area (TPSA) is 64.4 Å². The zero-order valence-corrected chi connectivity index (χ0v) is 16.8. The second-order valence-electron chi connectivity index (χ2n) is 7.63. The average molecular weight is 390 g/mol. The molecular weight excluding hydrogens is 362 g/mol. The van der Waals surface area contributed by atoms with Crippen molar-refractivity contribution < 1.29 is 13.2 Å². The quantitative estimate of drug-likeness (QED) is 0.804. The van der Waals surface area contributed by atoms with E-state index in [9.17, 15) is 8.42 Å². The highest BCUT2D eigenvalue weighted by Crippen LogP contribution is 2.38. The molecule has 0 amide bonds. The first-order valence-corrected chi connectivity index (χ1v) is 11.1. The molecule has 2 saturated heterocycles. The Morgan fingerprint density at radius 3 is 2.70 bits per heavy atom. The highest BCUT2D eigenvalue weighted by molar-refractivity contribution is 7.89. The van der Waals surface area contributed by atoms with E-state index in [1.807, 2.05) is 0 Å². The molecule has 1 aromatic heterocycles. The van der Waals surface area contributed by atoms with Gasteiger partial charge in [0.05, 0.1) is 18.3 Å². The molecule has 1 atom stereocenters. The van der Waals surface area contributed by atoms with Gasteiger partial charge in [-0.3, -0.25) is 4.68 Å². The van der Waals surface area contributed by atoms with Gasteiger partial charge in [0.25, 0.3) is 0 Å². The third-order valence-electron chi connectivity index (χ3n) is 5.75. The molecular formula is C20H27N3O3S. The number of rotatable bonds is 4. The van der Waals surface area contributed by atoms with Crippen LogP contribution in [0, 0.1) is 13.8 Å². The lowest BCUT2D eigenvalue weighted by Crippen LogP contribution is -2.31. The predicted octanol–water partition coefficient (Wildman–Crippen LogP) is 3.38. The number of benzene rings is 1. The van der Waals surface area contributed by atoms with Gasteiger partial charge in [0, 0.05) is 26.0 Å². The summed E-state index contributed by atoms with van der Waals surface area (Å²) in [7, 11) is -3.56. The summed E-state index contributed by atoms with van der Waals surface area (Å²) in [5.74, 6) is 0. The summed E-state index contributed by atoms with van der Waals surface area (Å²) in [6, 6.07) is 6.40. The SMILES string of the molecule is Cc1ccc(C)c(C2CCCN2S(=O)(=O)c2cnn(C3CCOCC3)c2)c1. The Morgan fingerprint density at radius 2 is 1.93 bits per heavy atom. The van der Waals surface area contributed by atoms with E-state index in [1.54, 1.807) is 15.2 Å². The summed E-state index contributed by atoms with van der Waals surface area (Å²) >= 11 is 0. The number of sulfonamides is 1. The first kappa shape index (κ1) is 18.7. The molecule has 3 heterocycles. The highest BCUT2D eigenvalue weighted by atomic mass is 32.2. The lowest BCUT2D eigenvalue weighted by atomic mass is 9.98. The van der Waals surface area contributed by atoms with E-state index >= 15 is 0 Å². The van der Waals surface area contributed by atoms with Gasteiger partial charge < -0.3 is 4.74 Å². The van der Waals surface area contributed by atoms with Crippen LogP contribution in [0.4, 0.5) is 0 Å². The molecule has 27 heavy (non-hydrogen) atoms. The van der Waals surface area contributed by atoms with E-state index < -0.39 is 10.0 Å². The number of hydrogen-bond donors (Lipinski definition) is 0. The van der Waals surface area contributed by atoms with Crippen LogP contribution in [0.25, 0.3) is 0 Å². The Morgan fingerprint density at radius 1 is 1.15 bits per heavy atom. The minimum Gasteiger partial charge on any atom is -0.381 e. The minimum atomic E-state index is -3.56. The number of nitrogens with zero attached hydrogens (tertiary/aromatic N) is 3. The molecule has 2 aliphatic heterocycles. The Bertz CT molecular complexity index is 916. The summed E-state index contributed by atoms with van der Waals surface area (Å²) in [5, 5.41) is 4.36. The molecule has 4 rings (SSSR count). The Kier molecular flexibility index (Phi) is 5.09. The maximum absolute atomic E-state index is 13.4. The molecule has 2 fully saturated rings. The Labute approximate surface area is 161 Å². The van der Waals surface area contributed by atoms with Crippen molar-refractivity contribution in [2.45, 2.75) is 56.5 Å². The van der Waals surface area contributed by atoms with Crippen LogP contribution in [0.5, 0.6) is 0 Å². The van der Waals surface area contributed by atoms with Crippen LogP contribution in [0.15, 0.2) is 35.5 Å². The van der Waals surface area contributed by atoms with Crippen LogP contribution in [0.3, 0.4) is 0 Å². The molecule has 0 N–H and O–H groups in total. The summed E-state index contributed by atoms with van der Waals surface area (Å²) < 4.78 is 35.6. The Balaban J connectivity index is 1.63. The van der Waals surface area contributed by atoms with Gasteiger partial charge >= 0.3 is 0 Å². The number of hydrogen-bond acceptors (Lipinski definition) is 4. The number of ether oxygens (including phenoxy) is 1. The third-order valence-corrected chi connectivity index (χ3v) is 7.61. The van der Waals surface area contributed by atoms with E-state index in [4.69, 9.17) is 4.74 Å². The van der Waals surface area contributed by atoms with Crippen molar-refractivity contribution in [1.82, 2.24) is 14.1 Å². The van der Waals surface area contributed by atoms with Crippen molar-refractivity contribution in [2.24, 2.45) is 0 Å². The molecule has 0 aliphatic carbocycles. The van der Waals surface area contributed by atoms with Gasteiger partial charge in [0.15, 0.2) is 0 Å². The maximum Gasteiger partial charge on any atom is 0.246 e. The van der Waals surface area contributed by atoms with Crippen LogP contribution in [0.2, 0.25) is 0 Å². The van der Waals surface area contributed by atoms with Crippen molar-refractivity contribution in [3.63, 3.8) is 0 Å². The van der Waals surface area contributed by atoms with E-state index in [0.29, 0.717) is 24.7 Å². The first-order valence-electron chi connectivity index (χ1n) is 9.68. The second kappa shape index (κ2) is 7.37. The van der Waals surface area contributed by atoms with E-state index in [1.165, 1.54) is 6.20 Å². The van der Waals surface area contributed by atoms with Gasteiger partial charge in [0.2, 0.25) is 10.0 Å². The fourth-order valence-electron chi connectivity index (χ4n) is 4.20. The summed E-state index contributed by atoms with van der Waals surface area (Å²) in [6.45, 7) is 6.07. The first-order chi connectivity index (χ1) is 13.0. The monoisotopic (exact) mass is 389 g/mol. The summed E-state index contributed by atoms with van der Waals surface area (Å²) in [5.41, 5.74) is 3.42. The van der Waals surface area contributed by atoms with E-state index in [2.05, 4.69) is 37.1 Å². The molecule has 6 nitrogen and oxygen atoms in total. The average Bonchev–Trinajstić information content (AvgIpc) is 3.34. The number of aromatic nitrogens is 2. The van der Waals surface area contributed by atoms with Crippen molar-refractivity contribution in [2.75, 3.05) is 19.8 Å². The molecule has 0 saturated carbocycles. The molecule has 0 radical (unpaired) electrons. The maximum atomic E-state index is 13.4. The molecule has 7 heteroatoms. The van der Waals surface area contributed by atoms with Gasteiger partial charge in [-0.15, -0.1) is 0 Å². The molecule has 0 spiro atoms. The smallest absolute Gasteiger partial charge is 0.246 e. The van der Waals surface area contributed by atoms with Gasteiger partial charge in [0.1, 0.15) is 4.90 Å². The van der Waals surface area contributed by atoms with Crippen LogP contribution >= 0.6 is 0 Å². The van der Waals surface area contributed by atoms with Crippen LogP contribution in [0.1, 0.15) is 54.5 Å². The normalized spacial score (nSPS) is 22.4. The largest absolute Gasteiger partial charge is 0.381 e.